The highest BCUT2D eigenvalue weighted by molar-refractivity contribution is 6.36. The number of aliphatic hydroxyl groups excluding tert-OH is 1. The summed E-state index contributed by atoms with van der Waals surface area (Å²) in [6, 6.07) is 4.89. The molecule has 0 aliphatic carbocycles. The number of aliphatic hydroxyl groups is 1. The van der Waals surface area contributed by atoms with Gasteiger partial charge < -0.3 is 10.0 Å². The predicted octanol–water partition coefficient (Wildman–Crippen LogP) is 3.00. The van der Waals surface area contributed by atoms with Crippen molar-refractivity contribution in [3.05, 3.63) is 33.8 Å². The van der Waals surface area contributed by atoms with Crippen molar-refractivity contribution in [1.82, 2.24) is 4.90 Å². The molecule has 1 aromatic carbocycles. The molecule has 2 rings (SSSR count). The molecule has 1 unspecified atom stereocenters. The maximum Gasteiger partial charge on any atom is 0.225 e. The lowest BCUT2D eigenvalue weighted by Crippen LogP contribution is -2.35. The molecular weight excluding hydrogens is 261 g/mol. The first kappa shape index (κ1) is 12.7. The third kappa shape index (κ3) is 2.28. The summed E-state index contributed by atoms with van der Waals surface area (Å²) in [5.41, 5.74) is 0.685. The van der Waals surface area contributed by atoms with Crippen LogP contribution < -0.4 is 0 Å². The van der Waals surface area contributed by atoms with Gasteiger partial charge >= 0.3 is 0 Å². The molecule has 0 saturated carbocycles. The molecule has 5 heteroatoms. The van der Waals surface area contributed by atoms with Gasteiger partial charge in [-0.05, 0) is 19.1 Å². The average molecular weight is 274 g/mol. The van der Waals surface area contributed by atoms with E-state index in [-0.39, 0.29) is 11.9 Å². The van der Waals surface area contributed by atoms with Crippen molar-refractivity contribution in [2.24, 2.45) is 0 Å². The summed E-state index contributed by atoms with van der Waals surface area (Å²) < 4.78 is 0. The van der Waals surface area contributed by atoms with Crippen LogP contribution in [0.2, 0.25) is 10.0 Å². The molecule has 1 aliphatic heterocycles. The number of carbonyl (C=O) groups is 1. The van der Waals surface area contributed by atoms with E-state index < -0.39 is 6.23 Å². The van der Waals surface area contributed by atoms with Crippen LogP contribution in [0.3, 0.4) is 0 Å². The van der Waals surface area contributed by atoms with Gasteiger partial charge in [-0.15, -0.1) is 0 Å². The van der Waals surface area contributed by atoms with Gasteiger partial charge in [0.2, 0.25) is 5.91 Å². The fraction of sp³-hybridized carbons (Fsp3) is 0.417. The minimum Gasteiger partial charge on any atom is -0.373 e. The normalized spacial score (nSPS) is 22.0. The summed E-state index contributed by atoms with van der Waals surface area (Å²) in [4.78, 5) is 13.1. The first-order chi connectivity index (χ1) is 8.02. The van der Waals surface area contributed by atoms with Crippen LogP contribution >= 0.6 is 23.2 Å². The topological polar surface area (TPSA) is 40.5 Å². The van der Waals surface area contributed by atoms with Crippen molar-refractivity contribution >= 4 is 29.1 Å². The van der Waals surface area contributed by atoms with Crippen LogP contribution in [0.25, 0.3) is 0 Å². The van der Waals surface area contributed by atoms with E-state index in [0.717, 1.165) is 0 Å². The Balaban J connectivity index is 2.37. The molecule has 0 aromatic heterocycles. The molecule has 1 fully saturated rings. The van der Waals surface area contributed by atoms with Gasteiger partial charge in [-0.3, -0.25) is 4.79 Å². The average Bonchev–Trinajstić information content (AvgIpc) is 2.58. The molecule has 0 radical (unpaired) electrons. The van der Waals surface area contributed by atoms with Crippen molar-refractivity contribution in [3.8, 4) is 0 Å². The van der Waals surface area contributed by atoms with Gasteiger partial charge in [0, 0.05) is 28.5 Å². The number of rotatable bonds is 2. The number of hydrogen-bond acceptors (Lipinski definition) is 2. The Hall–Kier alpha value is -0.770. The van der Waals surface area contributed by atoms with Crippen molar-refractivity contribution in [3.63, 3.8) is 0 Å². The Bertz CT molecular complexity index is 430. The quantitative estimate of drug-likeness (QED) is 0.900. The highest BCUT2D eigenvalue weighted by Crippen LogP contribution is 2.36. The first-order valence-electron chi connectivity index (χ1n) is 5.45. The van der Waals surface area contributed by atoms with E-state index in [1.54, 1.807) is 18.2 Å². The second-order valence-corrected chi connectivity index (χ2v) is 4.95. The molecule has 2 atom stereocenters. The number of amides is 1. The van der Waals surface area contributed by atoms with Gasteiger partial charge in [0.15, 0.2) is 0 Å². The van der Waals surface area contributed by atoms with E-state index in [2.05, 4.69) is 0 Å². The van der Waals surface area contributed by atoms with Crippen LogP contribution in [-0.2, 0) is 4.79 Å². The maximum atomic E-state index is 11.7. The van der Waals surface area contributed by atoms with Gasteiger partial charge in [0.25, 0.3) is 0 Å². The second kappa shape index (κ2) is 4.84. The van der Waals surface area contributed by atoms with Crippen LogP contribution in [-0.4, -0.2) is 22.1 Å². The third-order valence-corrected chi connectivity index (χ3v) is 3.72. The van der Waals surface area contributed by atoms with Crippen LogP contribution in [0.1, 0.15) is 31.4 Å². The maximum absolute atomic E-state index is 11.7. The molecule has 1 heterocycles. The second-order valence-electron chi connectivity index (χ2n) is 4.13. The van der Waals surface area contributed by atoms with Crippen LogP contribution in [0.4, 0.5) is 0 Å². The molecule has 92 valence electrons. The van der Waals surface area contributed by atoms with E-state index in [9.17, 15) is 9.90 Å². The SMILES string of the molecule is C[C@@H](c1c(Cl)cccc1Cl)N1C(=O)CCC1O. The first-order valence-corrected chi connectivity index (χ1v) is 6.21. The number of benzene rings is 1. The van der Waals surface area contributed by atoms with Gasteiger partial charge in [-0.2, -0.15) is 0 Å². The monoisotopic (exact) mass is 273 g/mol. The summed E-state index contributed by atoms with van der Waals surface area (Å²) in [5, 5.41) is 10.8. The van der Waals surface area contributed by atoms with Gasteiger partial charge in [-0.25, -0.2) is 0 Å². The zero-order valence-electron chi connectivity index (χ0n) is 9.36. The highest BCUT2D eigenvalue weighted by Gasteiger charge is 2.34. The molecule has 1 aliphatic rings. The van der Waals surface area contributed by atoms with Crippen molar-refractivity contribution < 1.29 is 9.90 Å². The number of carbonyl (C=O) groups excluding carboxylic acids is 1. The Labute approximate surface area is 110 Å². The Morgan fingerprint density at radius 3 is 2.47 bits per heavy atom. The number of halogens is 2. The fourth-order valence-corrected chi connectivity index (χ4v) is 2.92. The van der Waals surface area contributed by atoms with Gasteiger partial charge in [0.1, 0.15) is 6.23 Å². The molecule has 0 spiro atoms. The smallest absolute Gasteiger partial charge is 0.225 e. The predicted molar refractivity (Wildman–Crippen MR) is 67.0 cm³/mol. The minimum atomic E-state index is -0.746. The number of likely N-dealkylation sites (tertiary alicyclic amines) is 1. The summed E-state index contributed by atoms with van der Waals surface area (Å²) in [7, 11) is 0. The van der Waals surface area contributed by atoms with Crippen molar-refractivity contribution in [1.29, 1.82) is 0 Å². The Morgan fingerprint density at radius 2 is 2.00 bits per heavy atom. The van der Waals surface area contributed by atoms with E-state index in [1.807, 2.05) is 6.92 Å². The summed E-state index contributed by atoms with van der Waals surface area (Å²) in [6.07, 6.45) is 0.0866. The molecular formula is C12H13Cl2NO2. The van der Waals surface area contributed by atoms with E-state index in [1.165, 1.54) is 4.90 Å². The Morgan fingerprint density at radius 1 is 1.41 bits per heavy atom. The summed E-state index contributed by atoms with van der Waals surface area (Å²) >= 11 is 12.2. The molecule has 1 saturated heterocycles. The standard InChI is InChI=1S/C12H13Cl2NO2/c1-7(15-10(16)5-6-11(15)17)12-8(13)3-2-4-9(12)14/h2-4,7,10,16H,5-6H2,1H3/t7-,10?/m0/s1. The van der Waals surface area contributed by atoms with Gasteiger partial charge in [-0.1, -0.05) is 29.3 Å². The largest absolute Gasteiger partial charge is 0.373 e. The lowest BCUT2D eigenvalue weighted by molar-refractivity contribution is -0.136. The molecule has 1 N–H and O–H groups in total. The molecule has 0 bridgehead atoms. The lowest BCUT2D eigenvalue weighted by atomic mass is 10.1. The van der Waals surface area contributed by atoms with Crippen molar-refractivity contribution in [2.45, 2.75) is 32.0 Å². The number of hydrogen-bond donors (Lipinski definition) is 1. The van der Waals surface area contributed by atoms with E-state index >= 15 is 0 Å². The van der Waals surface area contributed by atoms with Crippen LogP contribution in [0, 0.1) is 0 Å². The lowest BCUT2D eigenvalue weighted by Gasteiger charge is -2.29. The van der Waals surface area contributed by atoms with Gasteiger partial charge in [0.05, 0.1) is 6.04 Å². The minimum absolute atomic E-state index is 0.0685. The molecule has 1 amide bonds. The summed E-state index contributed by atoms with van der Waals surface area (Å²) in [5.74, 6) is -0.0685. The highest BCUT2D eigenvalue weighted by atomic mass is 35.5. The molecule has 17 heavy (non-hydrogen) atoms. The third-order valence-electron chi connectivity index (χ3n) is 3.06. The van der Waals surface area contributed by atoms with Crippen LogP contribution in [0.15, 0.2) is 18.2 Å². The van der Waals surface area contributed by atoms with Crippen LogP contribution in [0.5, 0.6) is 0 Å². The number of nitrogens with zero attached hydrogens (tertiary/aromatic N) is 1. The Kier molecular flexibility index (Phi) is 3.61. The zero-order valence-corrected chi connectivity index (χ0v) is 10.9. The molecule has 1 aromatic rings. The van der Waals surface area contributed by atoms with E-state index in [4.69, 9.17) is 23.2 Å². The summed E-state index contributed by atoms with van der Waals surface area (Å²) in [6.45, 7) is 1.82. The van der Waals surface area contributed by atoms with Crippen molar-refractivity contribution in [2.75, 3.05) is 0 Å². The van der Waals surface area contributed by atoms with E-state index in [0.29, 0.717) is 28.5 Å². The zero-order chi connectivity index (χ0) is 12.6. The fourth-order valence-electron chi connectivity index (χ4n) is 2.21. The molecule has 3 nitrogen and oxygen atoms in total.